The molecule has 7 heteroatoms. The van der Waals surface area contributed by atoms with Crippen molar-refractivity contribution >= 4 is 17.6 Å². The highest BCUT2D eigenvalue weighted by Gasteiger charge is 2.21. The highest BCUT2D eigenvalue weighted by molar-refractivity contribution is 6.06. The first-order chi connectivity index (χ1) is 12.3. The number of nitrogens with zero attached hydrogens (tertiary/aromatic N) is 3. The molecule has 0 fully saturated rings. The van der Waals surface area contributed by atoms with E-state index in [1.165, 1.54) is 0 Å². The monoisotopic (exact) mass is 359 g/mol. The van der Waals surface area contributed by atoms with Gasteiger partial charge in [-0.3, -0.25) is 9.48 Å². The molecular formula is C19H25N3O4. The number of benzene rings is 1. The molecule has 1 aromatic heterocycles. The summed E-state index contributed by atoms with van der Waals surface area (Å²) in [6, 6.07) is 6.73. The Labute approximate surface area is 153 Å². The Morgan fingerprint density at radius 3 is 2.46 bits per heavy atom. The number of hydrogen-bond acceptors (Lipinski definition) is 4. The first-order valence-corrected chi connectivity index (χ1v) is 8.60. The Balaban J connectivity index is 2.16. The second-order valence-electron chi connectivity index (χ2n) is 6.47. The number of carboxylic acids is 1. The van der Waals surface area contributed by atoms with E-state index in [1.807, 2.05) is 11.6 Å². The van der Waals surface area contributed by atoms with Crippen LogP contribution in [0, 0.1) is 5.92 Å². The SMILES string of the molecule is CCc1c(C(=O)N(C)c2ccc(OCC(=O)O)cc2)cnn1CC(C)C. The molecule has 0 bridgehead atoms. The van der Waals surface area contributed by atoms with Crippen molar-refractivity contribution in [3.8, 4) is 5.75 Å². The van der Waals surface area contributed by atoms with Crippen LogP contribution in [0.25, 0.3) is 0 Å². The molecule has 0 radical (unpaired) electrons. The fourth-order valence-electron chi connectivity index (χ4n) is 2.67. The van der Waals surface area contributed by atoms with Crippen molar-refractivity contribution in [1.82, 2.24) is 9.78 Å². The zero-order valence-electron chi connectivity index (χ0n) is 15.6. The van der Waals surface area contributed by atoms with Gasteiger partial charge in [-0.15, -0.1) is 0 Å². The van der Waals surface area contributed by atoms with Crippen LogP contribution in [0.15, 0.2) is 30.5 Å². The fraction of sp³-hybridized carbons (Fsp3) is 0.421. The zero-order valence-corrected chi connectivity index (χ0v) is 15.6. The highest BCUT2D eigenvalue weighted by Crippen LogP contribution is 2.22. The van der Waals surface area contributed by atoms with Gasteiger partial charge in [0.05, 0.1) is 17.5 Å². The Hall–Kier alpha value is -2.83. The van der Waals surface area contributed by atoms with Gasteiger partial charge in [0.15, 0.2) is 6.61 Å². The van der Waals surface area contributed by atoms with Gasteiger partial charge in [0.1, 0.15) is 5.75 Å². The van der Waals surface area contributed by atoms with Crippen molar-refractivity contribution in [3.63, 3.8) is 0 Å². The number of aliphatic carboxylic acids is 1. The van der Waals surface area contributed by atoms with Crippen LogP contribution in [0.3, 0.4) is 0 Å². The minimum Gasteiger partial charge on any atom is -0.482 e. The maximum atomic E-state index is 12.9. The van der Waals surface area contributed by atoms with Crippen LogP contribution < -0.4 is 9.64 Å². The van der Waals surface area contributed by atoms with Gasteiger partial charge >= 0.3 is 5.97 Å². The molecule has 0 saturated carbocycles. The molecule has 0 aliphatic heterocycles. The molecular weight excluding hydrogens is 334 g/mol. The summed E-state index contributed by atoms with van der Waals surface area (Å²) in [5.74, 6) is -0.279. The molecule has 0 aliphatic carbocycles. The lowest BCUT2D eigenvalue weighted by Gasteiger charge is -2.18. The van der Waals surface area contributed by atoms with Gasteiger partial charge in [0.2, 0.25) is 0 Å². The van der Waals surface area contributed by atoms with Crippen molar-refractivity contribution in [3.05, 3.63) is 41.7 Å². The van der Waals surface area contributed by atoms with Crippen LogP contribution in [0.4, 0.5) is 5.69 Å². The second-order valence-corrected chi connectivity index (χ2v) is 6.47. The first-order valence-electron chi connectivity index (χ1n) is 8.60. The summed E-state index contributed by atoms with van der Waals surface area (Å²) in [5.41, 5.74) is 2.22. The summed E-state index contributed by atoms with van der Waals surface area (Å²) in [7, 11) is 1.70. The van der Waals surface area contributed by atoms with E-state index in [4.69, 9.17) is 9.84 Å². The summed E-state index contributed by atoms with van der Waals surface area (Å²) in [4.78, 5) is 25.0. The smallest absolute Gasteiger partial charge is 0.341 e. The van der Waals surface area contributed by atoms with E-state index < -0.39 is 12.6 Å². The van der Waals surface area contributed by atoms with Crippen molar-refractivity contribution in [1.29, 1.82) is 0 Å². The number of carboxylic acid groups (broad SMARTS) is 1. The number of ether oxygens (including phenoxy) is 1. The lowest BCUT2D eigenvalue weighted by molar-refractivity contribution is -0.139. The molecule has 7 nitrogen and oxygen atoms in total. The highest BCUT2D eigenvalue weighted by atomic mass is 16.5. The molecule has 1 aromatic carbocycles. The molecule has 2 rings (SSSR count). The lowest BCUT2D eigenvalue weighted by Crippen LogP contribution is -2.27. The lowest BCUT2D eigenvalue weighted by atomic mass is 10.1. The third kappa shape index (κ3) is 4.62. The van der Waals surface area contributed by atoms with Crippen LogP contribution in [-0.4, -0.2) is 40.4 Å². The van der Waals surface area contributed by atoms with Gasteiger partial charge in [-0.2, -0.15) is 5.10 Å². The molecule has 1 N–H and O–H groups in total. The zero-order chi connectivity index (χ0) is 19.3. The van der Waals surface area contributed by atoms with Crippen LogP contribution >= 0.6 is 0 Å². The average molecular weight is 359 g/mol. The Morgan fingerprint density at radius 2 is 1.92 bits per heavy atom. The van der Waals surface area contributed by atoms with Gasteiger partial charge in [0.25, 0.3) is 5.91 Å². The molecule has 0 aliphatic rings. The maximum absolute atomic E-state index is 12.9. The van der Waals surface area contributed by atoms with Crippen LogP contribution in [0.5, 0.6) is 5.75 Å². The molecule has 0 atom stereocenters. The van der Waals surface area contributed by atoms with Crippen molar-refractivity contribution in [2.75, 3.05) is 18.6 Å². The van der Waals surface area contributed by atoms with Crippen LogP contribution in [0.2, 0.25) is 0 Å². The molecule has 1 amide bonds. The minimum atomic E-state index is -1.04. The predicted octanol–water partition coefficient (Wildman–Crippen LogP) is 2.84. The number of hydrogen-bond donors (Lipinski definition) is 1. The molecule has 0 spiro atoms. The quantitative estimate of drug-likeness (QED) is 0.783. The van der Waals surface area contributed by atoms with E-state index in [1.54, 1.807) is 42.4 Å². The second kappa shape index (κ2) is 8.51. The number of aromatic nitrogens is 2. The van der Waals surface area contributed by atoms with Gasteiger partial charge in [-0.25, -0.2) is 4.79 Å². The summed E-state index contributed by atoms with van der Waals surface area (Å²) in [5, 5.41) is 13.0. The molecule has 140 valence electrons. The van der Waals surface area contributed by atoms with E-state index in [0.29, 0.717) is 22.9 Å². The van der Waals surface area contributed by atoms with E-state index in [0.717, 1.165) is 18.7 Å². The third-order valence-electron chi connectivity index (χ3n) is 3.94. The standard InChI is InChI=1S/C19H25N3O4/c1-5-17-16(10-20-22(17)11-13(2)3)19(25)21(4)14-6-8-15(9-7-14)26-12-18(23)24/h6-10,13H,5,11-12H2,1-4H3,(H,23,24). The summed E-state index contributed by atoms with van der Waals surface area (Å²) >= 11 is 0. The van der Waals surface area contributed by atoms with Gasteiger partial charge < -0.3 is 14.7 Å². The number of carbonyl (C=O) groups excluding carboxylic acids is 1. The molecule has 1 heterocycles. The fourth-order valence-corrected chi connectivity index (χ4v) is 2.67. The summed E-state index contributed by atoms with van der Waals surface area (Å²) < 4.78 is 7.01. The Kier molecular flexibility index (Phi) is 6.38. The van der Waals surface area contributed by atoms with Gasteiger partial charge in [-0.1, -0.05) is 20.8 Å². The van der Waals surface area contributed by atoms with E-state index in [-0.39, 0.29) is 5.91 Å². The molecule has 0 saturated heterocycles. The largest absolute Gasteiger partial charge is 0.482 e. The van der Waals surface area contributed by atoms with Gasteiger partial charge in [-0.05, 0) is 36.6 Å². The van der Waals surface area contributed by atoms with Crippen molar-refractivity contribution < 1.29 is 19.4 Å². The van der Waals surface area contributed by atoms with E-state index in [2.05, 4.69) is 18.9 Å². The van der Waals surface area contributed by atoms with E-state index in [9.17, 15) is 9.59 Å². The predicted molar refractivity (Wildman–Crippen MR) is 98.7 cm³/mol. The van der Waals surface area contributed by atoms with Crippen molar-refractivity contribution in [2.24, 2.45) is 5.92 Å². The van der Waals surface area contributed by atoms with Gasteiger partial charge in [0, 0.05) is 19.3 Å². The average Bonchev–Trinajstić information content (AvgIpc) is 3.00. The first kappa shape index (κ1) is 19.5. The Bertz CT molecular complexity index is 766. The minimum absolute atomic E-state index is 0.129. The number of amides is 1. The number of anilines is 1. The summed E-state index contributed by atoms with van der Waals surface area (Å²) in [6.45, 7) is 6.61. The summed E-state index contributed by atoms with van der Waals surface area (Å²) in [6.07, 6.45) is 2.36. The number of rotatable bonds is 8. The van der Waals surface area contributed by atoms with Crippen molar-refractivity contribution in [2.45, 2.75) is 33.7 Å². The molecule has 2 aromatic rings. The topological polar surface area (TPSA) is 84.7 Å². The van der Waals surface area contributed by atoms with Crippen LogP contribution in [0.1, 0.15) is 36.8 Å². The molecule has 0 unspecified atom stereocenters. The van der Waals surface area contributed by atoms with Crippen LogP contribution in [-0.2, 0) is 17.8 Å². The number of carbonyl (C=O) groups is 2. The Morgan fingerprint density at radius 1 is 1.27 bits per heavy atom. The molecule has 26 heavy (non-hydrogen) atoms. The maximum Gasteiger partial charge on any atom is 0.341 e. The normalized spacial score (nSPS) is 10.8. The van der Waals surface area contributed by atoms with E-state index >= 15 is 0 Å². The third-order valence-corrected chi connectivity index (χ3v) is 3.94.